The number of benzene rings is 2. The number of carbonyl (C=O) groups excluding carboxylic acids is 1. The fourth-order valence-corrected chi connectivity index (χ4v) is 5.09. The number of pyridine rings is 1. The quantitative estimate of drug-likeness (QED) is 0.643. The zero-order valence-electron chi connectivity index (χ0n) is 19.2. The number of hydrogen-bond donors (Lipinski definition) is 1. The summed E-state index contributed by atoms with van der Waals surface area (Å²) in [6.07, 6.45) is 6.10. The molecule has 1 atom stereocenters. The highest BCUT2D eigenvalue weighted by molar-refractivity contribution is 5.94. The van der Waals surface area contributed by atoms with Gasteiger partial charge >= 0.3 is 0 Å². The number of aromatic amines is 1. The Kier molecular flexibility index (Phi) is 6.14. The number of amides is 1. The van der Waals surface area contributed by atoms with E-state index in [9.17, 15) is 9.59 Å². The lowest BCUT2D eigenvalue weighted by atomic mass is 9.94. The number of fused-ring (bicyclic) bond motifs is 1. The zero-order valence-corrected chi connectivity index (χ0v) is 19.2. The van der Waals surface area contributed by atoms with Crippen LogP contribution in [0.5, 0.6) is 0 Å². The average Bonchev–Trinajstić information content (AvgIpc) is 3.27. The largest absolute Gasteiger partial charge is 0.334 e. The Balaban J connectivity index is 1.24. The van der Waals surface area contributed by atoms with Crippen LogP contribution in [-0.4, -0.2) is 46.4 Å². The third-order valence-electron chi connectivity index (χ3n) is 7.20. The molecule has 1 aromatic heterocycles. The molecule has 0 spiro atoms. The van der Waals surface area contributed by atoms with Crippen LogP contribution < -0.4 is 5.56 Å². The minimum absolute atomic E-state index is 0.0418. The lowest BCUT2D eigenvalue weighted by Crippen LogP contribution is -2.36. The second kappa shape index (κ2) is 9.36. The van der Waals surface area contributed by atoms with Gasteiger partial charge in [0.1, 0.15) is 0 Å². The van der Waals surface area contributed by atoms with Crippen molar-refractivity contribution in [1.82, 2.24) is 14.8 Å². The molecular weight excluding hydrogens is 410 g/mol. The van der Waals surface area contributed by atoms with Crippen LogP contribution in [0.4, 0.5) is 0 Å². The Morgan fingerprint density at radius 2 is 1.82 bits per heavy atom. The van der Waals surface area contributed by atoms with Crippen LogP contribution in [0.2, 0.25) is 0 Å². The molecule has 5 nitrogen and oxygen atoms in total. The molecule has 0 saturated carbocycles. The first-order valence-corrected chi connectivity index (χ1v) is 12.0. The van der Waals surface area contributed by atoms with Gasteiger partial charge in [-0.2, -0.15) is 0 Å². The van der Waals surface area contributed by atoms with E-state index in [1.165, 1.54) is 59.5 Å². The molecule has 0 radical (unpaired) electrons. The van der Waals surface area contributed by atoms with E-state index in [1.54, 1.807) is 6.07 Å². The first kappa shape index (κ1) is 21.7. The third kappa shape index (κ3) is 4.79. The van der Waals surface area contributed by atoms with Crippen LogP contribution in [0.25, 0.3) is 11.1 Å². The summed E-state index contributed by atoms with van der Waals surface area (Å²) in [5.41, 5.74) is 6.69. The molecule has 1 fully saturated rings. The lowest BCUT2D eigenvalue weighted by Gasteiger charge is -2.29. The molecule has 1 saturated heterocycles. The summed E-state index contributed by atoms with van der Waals surface area (Å²) in [7, 11) is 0. The van der Waals surface area contributed by atoms with Gasteiger partial charge in [-0.3, -0.25) is 9.59 Å². The number of nitrogens with one attached hydrogen (secondary N) is 1. The van der Waals surface area contributed by atoms with Gasteiger partial charge in [-0.25, -0.2) is 0 Å². The minimum Gasteiger partial charge on any atom is -0.334 e. The summed E-state index contributed by atoms with van der Waals surface area (Å²) < 4.78 is 0. The Morgan fingerprint density at radius 3 is 2.55 bits per heavy atom. The van der Waals surface area contributed by atoms with Crippen molar-refractivity contribution in [3.05, 3.63) is 93.4 Å². The fraction of sp³-hybridized carbons (Fsp3) is 0.357. The van der Waals surface area contributed by atoms with E-state index in [2.05, 4.69) is 59.3 Å². The van der Waals surface area contributed by atoms with Gasteiger partial charge < -0.3 is 14.8 Å². The minimum atomic E-state index is -0.197. The molecular formula is C28H31N3O2. The summed E-state index contributed by atoms with van der Waals surface area (Å²) in [4.78, 5) is 31.1. The number of nitrogens with zero attached hydrogens (tertiary/aromatic N) is 2. The highest BCUT2D eigenvalue weighted by Crippen LogP contribution is 2.27. The molecule has 1 N–H and O–H groups in total. The van der Waals surface area contributed by atoms with Gasteiger partial charge in [0.2, 0.25) is 5.56 Å². The molecule has 33 heavy (non-hydrogen) atoms. The molecule has 3 aromatic rings. The van der Waals surface area contributed by atoms with Crippen LogP contribution >= 0.6 is 0 Å². The maximum atomic E-state index is 12.8. The molecule has 3 heterocycles. The van der Waals surface area contributed by atoms with E-state index in [1.807, 2.05) is 4.90 Å². The van der Waals surface area contributed by atoms with Crippen LogP contribution in [-0.2, 0) is 19.4 Å². The Bertz CT molecular complexity index is 1180. The van der Waals surface area contributed by atoms with E-state index < -0.39 is 0 Å². The summed E-state index contributed by atoms with van der Waals surface area (Å²) in [6.45, 7) is 6.00. The first-order valence-electron chi connectivity index (χ1n) is 12.0. The highest BCUT2D eigenvalue weighted by atomic mass is 16.2. The van der Waals surface area contributed by atoms with E-state index in [0.717, 1.165) is 25.4 Å². The molecule has 1 amide bonds. The Hall–Kier alpha value is -3.18. The van der Waals surface area contributed by atoms with Crippen molar-refractivity contribution in [2.45, 2.75) is 45.2 Å². The number of hydrogen-bond acceptors (Lipinski definition) is 3. The molecule has 5 rings (SSSR count). The third-order valence-corrected chi connectivity index (χ3v) is 7.20. The standard InChI is InChI=1S/C28H31N3O2/c1-20-3-2-14-30(20)15-12-21-4-6-22(7-5-21)23-8-9-26-19-31(16-13-24(26)17-23)28(33)25-10-11-27(32)29-18-25/h4-11,17-18,20H,2-3,12-16,19H2,1H3,(H,29,32). The van der Waals surface area contributed by atoms with Crippen molar-refractivity contribution >= 4 is 5.91 Å². The fourth-order valence-electron chi connectivity index (χ4n) is 5.09. The van der Waals surface area contributed by atoms with Crippen molar-refractivity contribution in [3.8, 4) is 11.1 Å². The van der Waals surface area contributed by atoms with E-state index in [0.29, 0.717) is 18.7 Å². The molecule has 170 valence electrons. The smallest absolute Gasteiger partial charge is 0.255 e. The molecule has 2 aliphatic rings. The van der Waals surface area contributed by atoms with Crippen LogP contribution in [0, 0.1) is 0 Å². The van der Waals surface area contributed by atoms with Gasteiger partial charge in [0.05, 0.1) is 5.56 Å². The van der Waals surface area contributed by atoms with Crippen molar-refractivity contribution in [1.29, 1.82) is 0 Å². The molecule has 0 bridgehead atoms. The van der Waals surface area contributed by atoms with Gasteiger partial charge in [-0.05, 0) is 73.0 Å². The van der Waals surface area contributed by atoms with Gasteiger partial charge in [0.25, 0.3) is 5.91 Å². The van der Waals surface area contributed by atoms with Crippen molar-refractivity contribution in [2.24, 2.45) is 0 Å². The second-order valence-corrected chi connectivity index (χ2v) is 9.38. The van der Waals surface area contributed by atoms with Gasteiger partial charge in [0.15, 0.2) is 0 Å². The SMILES string of the molecule is CC1CCCN1CCc1ccc(-c2ccc3c(c2)CCN(C(=O)c2ccc(=O)[nH]c2)C3)cc1. The molecule has 2 aromatic carbocycles. The summed E-state index contributed by atoms with van der Waals surface area (Å²) in [6, 6.07) is 19.3. The van der Waals surface area contributed by atoms with Crippen LogP contribution in [0.1, 0.15) is 46.8 Å². The topological polar surface area (TPSA) is 56.4 Å². The molecule has 5 heteroatoms. The summed E-state index contributed by atoms with van der Waals surface area (Å²) in [5.74, 6) is -0.0418. The number of aromatic nitrogens is 1. The zero-order chi connectivity index (χ0) is 22.8. The maximum Gasteiger partial charge on any atom is 0.255 e. The second-order valence-electron chi connectivity index (χ2n) is 9.38. The van der Waals surface area contributed by atoms with Gasteiger partial charge in [-0.15, -0.1) is 0 Å². The predicted molar refractivity (Wildman–Crippen MR) is 131 cm³/mol. The normalized spacial score (nSPS) is 18.3. The molecule has 1 unspecified atom stereocenters. The van der Waals surface area contributed by atoms with Crippen molar-refractivity contribution in [3.63, 3.8) is 0 Å². The summed E-state index contributed by atoms with van der Waals surface area (Å²) >= 11 is 0. The number of carbonyl (C=O) groups is 1. The monoisotopic (exact) mass is 441 g/mol. The summed E-state index contributed by atoms with van der Waals surface area (Å²) in [5, 5.41) is 0. The number of H-pyrrole nitrogens is 1. The van der Waals surface area contributed by atoms with Crippen LogP contribution in [0.15, 0.2) is 65.6 Å². The lowest BCUT2D eigenvalue weighted by molar-refractivity contribution is 0.0734. The van der Waals surface area contributed by atoms with E-state index in [4.69, 9.17) is 0 Å². The van der Waals surface area contributed by atoms with Crippen molar-refractivity contribution < 1.29 is 4.79 Å². The van der Waals surface area contributed by atoms with Crippen molar-refractivity contribution in [2.75, 3.05) is 19.6 Å². The van der Waals surface area contributed by atoms with Crippen LogP contribution in [0.3, 0.4) is 0 Å². The molecule has 0 aliphatic carbocycles. The predicted octanol–water partition coefficient (Wildman–Crippen LogP) is 4.27. The Labute approximate surface area is 195 Å². The van der Waals surface area contributed by atoms with Gasteiger partial charge in [0, 0.05) is 37.9 Å². The molecule has 2 aliphatic heterocycles. The van der Waals surface area contributed by atoms with E-state index >= 15 is 0 Å². The first-order chi connectivity index (χ1) is 16.1. The van der Waals surface area contributed by atoms with Gasteiger partial charge in [-0.1, -0.05) is 42.5 Å². The Morgan fingerprint density at radius 1 is 1.00 bits per heavy atom. The number of rotatable bonds is 5. The maximum absolute atomic E-state index is 12.8. The number of likely N-dealkylation sites (tertiary alicyclic amines) is 1. The highest BCUT2D eigenvalue weighted by Gasteiger charge is 2.22. The van der Waals surface area contributed by atoms with E-state index in [-0.39, 0.29) is 11.5 Å². The average molecular weight is 442 g/mol.